The Labute approximate surface area is 141 Å². The maximum atomic E-state index is 13.3. The lowest BCUT2D eigenvalue weighted by molar-refractivity contribution is -0.130. The summed E-state index contributed by atoms with van der Waals surface area (Å²) in [4.78, 5) is 13.7. The summed E-state index contributed by atoms with van der Waals surface area (Å²) in [6, 6.07) is 2.58. The van der Waals surface area contributed by atoms with Crippen LogP contribution in [0.25, 0.3) is 0 Å². The van der Waals surface area contributed by atoms with Crippen molar-refractivity contribution in [1.29, 1.82) is 0 Å². The van der Waals surface area contributed by atoms with E-state index >= 15 is 0 Å². The van der Waals surface area contributed by atoms with Crippen LogP contribution in [0, 0.1) is 5.82 Å². The maximum Gasteiger partial charge on any atom is 0.225 e. The highest BCUT2D eigenvalue weighted by Crippen LogP contribution is 2.30. The zero-order valence-corrected chi connectivity index (χ0v) is 14.5. The number of nitrogens with two attached hydrogens (primary N) is 1. The molecule has 0 bridgehead atoms. The third-order valence-electron chi connectivity index (χ3n) is 2.67. The molecule has 0 saturated carbocycles. The molecule has 0 heterocycles. The van der Waals surface area contributed by atoms with Crippen LogP contribution in [0.3, 0.4) is 0 Å². The van der Waals surface area contributed by atoms with Crippen molar-refractivity contribution in [2.24, 2.45) is 5.73 Å². The van der Waals surface area contributed by atoms with Crippen LogP contribution < -0.4 is 10.5 Å². The Hall–Kier alpha value is -0.920. The number of nitrogens with zero attached hydrogens (tertiary/aromatic N) is 1. The lowest BCUT2D eigenvalue weighted by Crippen LogP contribution is -2.30. The molecule has 116 valence electrons. The van der Waals surface area contributed by atoms with Crippen LogP contribution in [-0.2, 0) is 4.79 Å². The van der Waals surface area contributed by atoms with E-state index in [0.717, 1.165) is 0 Å². The third-order valence-corrected chi connectivity index (χ3v) is 3.78. The molecule has 0 fully saturated rings. The van der Waals surface area contributed by atoms with Gasteiger partial charge in [-0.25, -0.2) is 4.39 Å². The predicted molar refractivity (Wildman–Crippen MR) is 88.3 cm³/mol. The van der Waals surface area contributed by atoms with E-state index in [2.05, 4.69) is 15.9 Å². The van der Waals surface area contributed by atoms with Crippen LogP contribution in [0.1, 0.15) is 12.8 Å². The second-order valence-corrected chi connectivity index (χ2v) is 6.11. The Balaban J connectivity index is 2.44. The Bertz CT molecular complexity index is 545. The van der Waals surface area contributed by atoms with Gasteiger partial charge in [-0.15, -0.1) is 0 Å². The van der Waals surface area contributed by atoms with Crippen molar-refractivity contribution in [2.75, 3.05) is 20.2 Å². The smallest absolute Gasteiger partial charge is 0.225 e. The Kier molecular flexibility index (Phi) is 7.34. The molecule has 0 unspecified atom stereocenters. The minimum absolute atomic E-state index is 0.00258. The van der Waals surface area contributed by atoms with Gasteiger partial charge in [0.15, 0.2) is 0 Å². The first-order valence-corrected chi connectivity index (χ1v) is 7.68. The normalized spacial score (nSPS) is 10.3. The average molecular weight is 398 g/mol. The van der Waals surface area contributed by atoms with E-state index in [-0.39, 0.29) is 24.0 Å². The molecule has 21 heavy (non-hydrogen) atoms. The number of halogens is 3. The van der Waals surface area contributed by atoms with E-state index in [4.69, 9.17) is 34.3 Å². The van der Waals surface area contributed by atoms with E-state index in [1.807, 2.05) is 0 Å². The van der Waals surface area contributed by atoms with E-state index in [1.54, 1.807) is 7.05 Å². The second-order valence-electron chi connectivity index (χ2n) is 4.33. The molecule has 2 N–H and O–H groups in total. The van der Waals surface area contributed by atoms with Crippen molar-refractivity contribution in [2.45, 2.75) is 12.8 Å². The van der Waals surface area contributed by atoms with E-state index in [1.165, 1.54) is 17.0 Å². The number of amides is 1. The number of thiocarbonyl (C=S) groups is 1. The van der Waals surface area contributed by atoms with Crippen LogP contribution in [0.4, 0.5) is 4.39 Å². The van der Waals surface area contributed by atoms with Crippen LogP contribution in [-0.4, -0.2) is 36.0 Å². The summed E-state index contributed by atoms with van der Waals surface area (Å²) in [6.07, 6.45) is 0.650. The van der Waals surface area contributed by atoms with Gasteiger partial charge in [0.1, 0.15) is 11.6 Å². The van der Waals surface area contributed by atoms with Crippen molar-refractivity contribution >= 4 is 50.6 Å². The molecule has 0 spiro atoms. The van der Waals surface area contributed by atoms with Crippen LogP contribution in [0.2, 0.25) is 5.02 Å². The molecule has 0 aliphatic rings. The molecule has 4 nitrogen and oxygen atoms in total. The maximum absolute atomic E-state index is 13.3. The summed E-state index contributed by atoms with van der Waals surface area (Å²) in [7, 11) is 1.67. The molecule has 0 radical (unpaired) electrons. The molecule has 0 saturated heterocycles. The van der Waals surface area contributed by atoms with Crippen molar-refractivity contribution in [3.63, 3.8) is 0 Å². The third kappa shape index (κ3) is 6.15. The summed E-state index contributed by atoms with van der Waals surface area (Å²) in [5.41, 5.74) is 5.38. The molecular weight excluding hydrogens is 383 g/mol. The van der Waals surface area contributed by atoms with Crippen molar-refractivity contribution < 1.29 is 13.9 Å². The number of carbonyl (C=O) groups is 1. The molecule has 1 amide bonds. The largest absolute Gasteiger partial charge is 0.492 e. The van der Waals surface area contributed by atoms with Gasteiger partial charge in [-0.2, -0.15) is 0 Å². The van der Waals surface area contributed by atoms with Gasteiger partial charge in [-0.1, -0.05) is 23.8 Å². The quantitative estimate of drug-likeness (QED) is 0.567. The van der Waals surface area contributed by atoms with Gasteiger partial charge in [0.25, 0.3) is 0 Å². The fourth-order valence-electron chi connectivity index (χ4n) is 1.46. The minimum Gasteiger partial charge on any atom is -0.492 e. The van der Waals surface area contributed by atoms with Crippen molar-refractivity contribution in [1.82, 2.24) is 4.90 Å². The van der Waals surface area contributed by atoms with Gasteiger partial charge in [0.05, 0.1) is 27.5 Å². The first kappa shape index (κ1) is 18.1. The second kappa shape index (κ2) is 8.51. The highest BCUT2D eigenvalue weighted by molar-refractivity contribution is 9.10. The molecule has 0 aliphatic heterocycles. The first-order valence-electron chi connectivity index (χ1n) is 6.11. The molecule has 0 aromatic heterocycles. The monoisotopic (exact) mass is 396 g/mol. The summed E-state index contributed by atoms with van der Waals surface area (Å²) >= 11 is 13.6. The predicted octanol–water partition coefficient (Wildman–Crippen LogP) is 3.15. The van der Waals surface area contributed by atoms with Crippen molar-refractivity contribution in [3.8, 4) is 5.75 Å². The Morgan fingerprint density at radius 1 is 1.52 bits per heavy atom. The highest BCUT2D eigenvalue weighted by Gasteiger charge is 2.11. The number of hydrogen-bond donors (Lipinski definition) is 1. The number of hydrogen-bond acceptors (Lipinski definition) is 3. The summed E-state index contributed by atoms with van der Waals surface area (Å²) in [6.45, 7) is 0.601. The lowest BCUT2D eigenvalue weighted by Gasteiger charge is -2.17. The van der Waals surface area contributed by atoms with Gasteiger partial charge in [0.2, 0.25) is 5.91 Å². The molecule has 8 heteroatoms. The average Bonchev–Trinajstić information content (AvgIpc) is 2.41. The molecule has 1 rings (SSSR count). The number of carbonyl (C=O) groups excluding carboxylic acids is 1. The van der Waals surface area contributed by atoms with E-state index in [0.29, 0.717) is 28.2 Å². The fraction of sp³-hybridized carbons (Fsp3) is 0.385. The molecular formula is C13H15BrClFN2O2S. The van der Waals surface area contributed by atoms with E-state index < -0.39 is 5.82 Å². The van der Waals surface area contributed by atoms with Crippen LogP contribution >= 0.6 is 39.7 Å². The minimum atomic E-state index is -0.574. The summed E-state index contributed by atoms with van der Waals surface area (Å²) in [5, 5.41) is 0.00258. The zero-order valence-electron chi connectivity index (χ0n) is 11.4. The molecule has 1 aromatic rings. The Morgan fingerprint density at radius 2 is 2.19 bits per heavy atom. The molecule has 0 atom stereocenters. The van der Waals surface area contributed by atoms with Gasteiger partial charge >= 0.3 is 0 Å². The number of ether oxygens (including phenoxy) is 1. The van der Waals surface area contributed by atoms with E-state index in [9.17, 15) is 9.18 Å². The lowest BCUT2D eigenvalue weighted by atomic mass is 10.3. The molecule has 0 aliphatic carbocycles. The standard InChI is InChI=1S/C13H15BrClFN2O2S/c1-18(4-2-12(17)21)13(19)3-5-20-11-7-10(16)9(15)6-8(11)14/h6-7H,2-5H2,1H3,(H2,17,21). The number of benzene rings is 1. The van der Waals surface area contributed by atoms with Gasteiger partial charge in [-0.3, -0.25) is 4.79 Å². The topological polar surface area (TPSA) is 55.6 Å². The highest BCUT2D eigenvalue weighted by atomic mass is 79.9. The van der Waals surface area contributed by atoms with Gasteiger partial charge in [0, 0.05) is 26.1 Å². The number of rotatable bonds is 7. The SMILES string of the molecule is CN(CCC(N)=S)C(=O)CCOc1cc(F)c(Cl)cc1Br. The Morgan fingerprint density at radius 3 is 2.81 bits per heavy atom. The van der Waals surface area contributed by atoms with Crippen molar-refractivity contribution in [3.05, 3.63) is 27.4 Å². The summed E-state index contributed by atoms with van der Waals surface area (Å²) in [5.74, 6) is -0.373. The summed E-state index contributed by atoms with van der Waals surface area (Å²) < 4.78 is 19.2. The van der Waals surface area contributed by atoms with Gasteiger partial charge < -0.3 is 15.4 Å². The fourth-order valence-corrected chi connectivity index (χ4v) is 2.30. The zero-order chi connectivity index (χ0) is 16.0. The van der Waals surface area contributed by atoms with Crippen LogP contribution in [0.15, 0.2) is 16.6 Å². The van der Waals surface area contributed by atoms with Crippen LogP contribution in [0.5, 0.6) is 5.75 Å². The van der Waals surface area contributed by atoms with Gasteiger partial charge in [-0.05, 0) is 22.0 Å². The first-order chi connectivity index (χ1) is 9.81. The molecule has 1 aromatic carbocycles.